The van der Waals surface area contributed by atoms with Crippen molar-refractivity contribution in [2.75, 3.05) is 0 Å². The first-order chi connectivity index (χ1) is 27.0. The van der Waals surface area contributed by atoms with E-state index in [1.807, 2.05) is 67.7 Å². The van der Waals surface area contributed by atoms with Crippen molar-refractivity contribution in [3.63, 3.8) is 0 Å². The van der Waals surface area contributed by atoms with Crippen LogP contribution in [0.3, 0.4) is 0 Å². The van der Waals surface area contributed by atoms with Crippen molar-refractivity contribution in [2.45, 2.75) is 0 Å². The fraction of sp³-hybridized carbons (Fsp3) is 0.0417. The Morgan fingerprint density at radius 2 is 0.800 bits per heavy atom. The summed E-state index contributed by atoms with van der Waals surface area (Å²) in [6, 6.07) is 58.7. The van der Waals surface area contributed by atoms with E-state index in [1.54, 1.807) is 16.2 Å². The van der Waals surface area contributed by atoms with Crippen LogP contribution in [0.25, 0.3) is 94.9 Å². The first-order valence-corrected chi connectivity index (χ1v) is 18.3. The van der Waals surface area contributed by atoms with Crippen LogP contribution in [0.5, 0.6) is 0 Å². The molecule has 0 atom stereocenters. The van der Waals surface area contributed by atoms with Gasteiger partial charge in [0, 0.05) is 36.0 Å². The molecule has 10 aromatic rings. The Balaban J connectivity index is 1.19. The maximum absolute atomic E-state index is 12.7. The van der Waals surface area contributed by atoms with Crippen LogP contribution in [-0.2, 0) is 14.1 Å². The van der Waals surface area contributed by atoms with Gasteiger partial charge in [0.1, 0.15) is 0 Å². The minimum Gasteiger partial charge on any atom is -0.295 e. The van der Waals surface area contributed by atoms with Crippen molar-refractivity contribution >= 4 is 32.8 Å². The predicted molar refractivity (Wildman–Crippen MR) is 223 cm³/mol. The molecule has 55 heavy (non-hydrogen) atoms. The molecular weight excluding hydrogens is 677 g/mol. The van der Waals surface area contributed by atoms with E-state index in [-0.39, 0.29) is 5.69 Å². The van der Waals surface area contributed by atoms with Gasteiger partial charge in [-0.1, -0.05) is 127 Å². The van der Waals surface area contributed by atoms with Gasteiger partial charge in [0.25, 0.3) is 0 Å². The normalized spacial score (nSPS) is 11.5. The van der Waals surface area contributed by atoms with E-state index < -0.39 is 0 Å². The molecule has 0 aliphatic heterocycles. The van der Waals surface area contributed by atoms with E-state index in [4.69, 9.17) is 15.0 Å². The first kappa shape index (κ1) is 32.3. The molecule has 0 aliphatic rings. The molecule has 0 fully saturated rings. The van der Waals surface area contributed by atoms with Crippen molar-refractivity contribution in [3.05, 3.63) is 180 Å². The molecule has 0 bridgehead atoms. The summed E-state index contributed by atoms with van der Waals surface area (Å²) >= 11 is 0. The van der Waals surface area contributed by atoms with E-state index in [9.17, 15) is 4.79 Å². The molecule has 0 radical (unpaired) electrons. The van der Waals surface area contributed by atoms with Gasteiger partial charge in [0.15, 0.2) is 11.6 Å². The highest BCUT2D eigenvalue weighted by atomic mass is 16.1. The SMILES string of the molecule is Cn1c(=O)n(C)c2cc(-c3cccc(-c4nc(-c5ccccc5)nc(-n5c6ccc(-c7ccccc7)cc6c6cc(-c7ccccc7)ccc65)n4)c3)ccc21. The predicted octanol–water partition coefficient (Wildman–Crippen LogP) is 10.5. The molecule has 3 aromatic heterocycles. The highest BCUT2D eigenvalue weighted by molar-refractivity contribution is 6.11. The van der Waals surface area contributed by atoms with E-state index in [0.29, 0.717) is 17.6 Å². The molecule has 7 heteroatoms. The van der Waals surface area contributed by atoms with Crippen molar-refractivity contribution < 1.29 is 0 Å². The van der Waals surface area contributed by atoms with Gasteiger partial charge < -0.3 is 0 Å². The molecule has 0 saturated heterocycles. The molecule has 262 valence electrons. The van der Waals surface area contributed by atoms with Crippen molar-refractivity contribution in [1.82, 2.24) is 28.7 Å². The van der Waals surface area contributed by atoms with Gasteiger partial charge in [-0.3, -0.25) is 13.7 Å². The van der Waals surface area contributed by atoms with Crippen molar-refractivity contribution in [1.29, 1.82) is 0 Å². The summed E-state index contributed by atoms with van der Waals surface area (Å²) in [4.78, 5) is 28.2. The average Bonchev–Trinajstić information content (AvgIpc) is 3.69. The third-order valence-corrected chi connectivity index (χ3v) is 10.6. The molecule has 7 nitrogen and oxygen atoms in total. The summed E-state index contributed by atoms with van der Waals surface area (Å²) in [5.41, 5.74) is 12.1. The number of benzene rings is 7. The quantitative estimate of drug-likeness (QED) is 0.172. The molecule has 0 saturated carbocycles. The van der Waals surface area contributed by atoms with Crippen LogP contribution in [0.15, 0.2) is 175 Å². The number of aromatic nitrogens is 6. The minimum atomic E-state index is -0.0512. The fourth-order valence-corrected chi connectivity index (χ4v) is 7.69. The molecule has 10 rings (SSSR count). The van der Waals surface area contributed by atoms with Gasteiger partial charge in [-0.15, -0.1) is 0 Å². The second kappa shape index (κ2) is 12.9. The lowest BCUT2D eigenvalue weighted by atomic mass is 10.0. The minimum absolute atomic E-state index is 0.0512. The summed E-state index contributed by atoms with van der Waals surface area (Å²) < 4.78 is 5.52. The van der Waals surface area contributed by atoms with Crippen LogP contribution >= 0.6 is 0 Å². The summed E-state index contributed by atoms with van der Waals surface area (Å²) in [5.74, 6) is 1.69. The topological polar surface area (TPSA) is 70.5 Å². The van der Waals surface area contributed by atoms with Gasteiger partial charge in [0.05, 0.1) is 22.1 Å². The Hall–Kier alpha value is -7.38. The molecule has 7 aromatic carbocycles. The molecule has 0 amide bonds. The Morgan fingerprint density at radius 3 is 1.38 bits per heavy atom. The first-order valence-electron chi connectivity index (χ1n) is 18.3. The lowest BCUT2D eigenvalue weighted by Crippen LogP contribution is -2.19. The maximum atomic E-state index is 12.7. The van der Waals surface area contributed by atoms with Crippen LogP contribution in [0.2, 0.25) is 0 Å². The number of imidazole rings is 1. The average molecular weight is 711 g/mol. The zero-order chi connectivity index (χ0) is 37.0. The lowest BCUT2D eigenvalue weighted by Gasteiger charge is -2.12. The third kappa shape index (κ3) is 5.52. The van der Waals surface area contributed by atoms with Gasteiger partial charge >= 0.3 is 5.69 Å². The maximum Gasteiger partial charge on any atom is 0.328 e. The Morgan fingerprint density at radius 1 is 0.364 bits per heavy atom. The number of rotatable bonds is 6. The lowest BCUT2D eigenvalue weighted by molar-refractivity contribution is 0.795. The summed E-state index contributed by atoms with van der Waals surface area (Å²) in [5, 5.41) is 2.23. The largest absolute Gasteiger partial charge is 0.328 e. The summed E-state index contributed by atoms with van der Waals surface area (Å²) in [6.07, 6.45) is 0. The molecule has 0 spiro atoms. The van der Waals surface area contributed by atoms with Gasteiger partial charge in [0.2, 0.25) is 5.95 Å². The van der Waals surface area contributed by atoms with Crippen molar-refractivity contribution in [2.24, 2.45) is 14.1 Å². The Kier molecular flexibility index (Phi) is 7.59. The van der Waals surface area contributed by atoms with Gasteiger partial charge in [-0.2, -0.15) is 9.97 Å². The zero-order valence-corrected chi connectivity index (χ0v) is 30.3. The number of hydrogen-bond donors (Lipinski definition) is 0. The van der Waals surface area contributed by atoms with E-state index in [1.165, 1.54) is 0 Å². The monoisotopic (exact) mass is 710 g/mol. The zero-order valence-electron chi connectivity index (χ0n) is 30.3. The van der Waals surface area contributed by atoms with Crippen LogP contribution in [-0.4, -0.2) is 28.7 Å². The second-order valence-electron chi connectivity index (χ2n) is 13.9. The Bertz CT molecular complexity index is 3030. The smallest absolute Gasteiger partial charge is 0.295 e. The van der Waals surface area contributed by atoms with Crippen LogP contribution in [0.1, 0.15) is 0 Å². The van der Waals surface area contributed by atoms with Crippen LogP contribution in [0.4, 0.5) is 0 Å². The van der Waals surface area contributed by atoms with E-state index in [2.05, 4.69) is 114 Å². The summed E-state index contributed by atoms with van der Waals surface area (Å²) in [6.45, 7) is 0. The highest BCUT2D eigenvalue weighted by Gasteiger charge is 2.20. The molecular formula is C48H34N6O. The van der Waals surface area contributed by atoms with E-state index >= 15 is 0 Å². The fourth-order valence-electron chi connectivity index (χ4n) is 7.69. The molecule has 0 N–H and O–H groups in total. The standard InChI is InChI=1S/C48H34N6O/c1-52-43-26-23-37(30-44(43)53(2)48(52)55)34-19-12-20-38(27-34)46-49-45(33-17-10-5-11-18-33)50-47(51-46)54-41-24-21-35(31-13-6-3-7-14-31)28-39(41)40-29-36(22-25-42(40)54)32-15-8-4-9-16-32/h3-30H,1-2H3. The number of fused-ring (bicyclic) bond motifs is 4. The van der Waals surface area contributed by atoms with Gasteiger partial charge in [-0.05, 0) is 75.8 Å². The highest BCUT2D eigenvalue weighted by Crippen LogP contribution is 2.37. The summed E-state index contributed by atoms with van der Waals surface area (Å²) in [7, 11) is 3.61. The Labute approximate surface area is 317 Å². The number of aryl methyl sites for hydroxylation is 2. The molecule has 3 heterocycles. The van der Waals surface area contributed by atoms with Crippen molar-refractivity contribution in [3.8, 4) is 62.1 Å². The van der Waals surface area contributed by atoms with Crippen LogP contribution < -0.4 is 5.69 Å². The van der Waals surface area contributed by atoms with Crippen LogP contribution in [0, 0.1) is 0 Å². The number of hydrogen-bond acceptors (Lipinski definition) is 4. The second-order valence-corrected chi connectivity index (χ2v) is 13.9. The molecule has 0 aliphatic carbocycles. The number of nitrogens with zero attached hydrogens (tertiary/aromatic N) is 6. The van der Waals surface area contributed by atoms with Gasteiger partial charge in [-0.25, -0.2) is 9.78 Å². The molecule has 0 unspecified atom stereocenters. The third-order valence-electron chi connectivity index (χ3n) is 10.6. The van der Waals surface area contributed by atoms with E-state index in [0.717, 1.165) is 77.3 Å².